The van der Waals surface area contributed by atoms with Crippen LogP contribution in [0.15, 0.2) is 23.2 Å². The second kappa shape index (κ2) is 14.1. The average Bonchev–Trinajstić information content (AvgIpc) is 3.31. The molecule has 2 atom stereocenters. The first kappa shape index (κ1) is 26.9. The molecule has 0 saturated carbocycles. The molecule has 3 N–H and O–H groups in total. The van der Waals surface area contributed by atoms with E-state index in [9.17, 15) is 5.11 Å². The summed E-state index contributed by atoms with van der Waals surface area (Å²) < 4.78 is 16.1. The largest absolute Gasteiger partial charge is 0.497 e. The van der Waals surface area contributed by atoms with Crippen LogP contribution in [0.25, 0.3) is 0 Å². The molecule has 0 amide bonds. The van der Waals surface area contributed by atoms with Gasteiger partial charge in [0.25, 0.3) is 0 Å². The van der Waals surface area contributed by atoms with Gasteiger partial charge in [0, 0.05) is 44.9 Å². The van der Waals surface area contributed by atoms with Crippen LogP contribution < -0.4 is 20.1 Å². The lowest BCUT2D eigenvalue weighted by molar-refractivity contribution is 0.150. The maximum absolute atomic E-state index is 10.7. The monoisotopic (exact) mass is 562 g/mol. The van der Waals surface area contributed by atoms with Crippen molar-refractivity contribution in [2.24, 2.45) is 10.9 Å². The number of nitrogens with zero attached hydrogens (tertiary/aromatic N) is 2. The number of nitrogens with one attached hydrogen (secondary N) is 2. The predicted octanol–water partition coefficient (Wildman–Crippen LogP) is 2.41. The molecule has 0 radical (unpaired) electrons. The summed E-state index contributed by atoms with van der Waals surface area (Å²) in [6.07, 6.45) is 2.63. The molecule has 1 aromatic rings. The van der Waals surface area contributed by atoms with Gasteiger partial charge in [0.2, 0.25) is 0 Å². The maximum Gasteiger partial charge on any atom is 0.191 e. The minimum atomic E-state index is -0.741. The second-order valence-electron chi connectivity index (χ2n) is 8.33. The summed E-state index contributed by atoms with van der Waals surface area (Å²) in [6, 6.07) is 5.81. The van der Waals surface area contributed by atoms with Gasteiger partial charge in [0.1, 0.15) is 11.5 Å². The highest BCUT2D eigenvalue weighted by Gasteiger charge is 2.24. The summed E-state index contributed by atoms with van der Waals surface area (Å²) in [5.41, 5.74) is 0.722. The van der Waals surface area contributed by atoms with E-state index in [-0.39, 0.29) is 30.5 Å². The summed E-state index contributed by atoms with van der Waals surface area (Å²) in [4.78, 5) is 7.19. The Kier molecular flexibility index (Phi) is 11.8. The van der Waals surface area contributed by atoms with Crippen LogP contribution in [0.1, 0.15) is 37.9 Å². The van der Waals surface area contributed by atoms with Gasteiger partial charge < -0.3 is 34.9 Å². The molecule has 8 nitrogen and oxygen atoms in total. The Balaban J connectivity index is 0.00000363. The van der Waals surface area contributed by atoms with E-state index < -0.39 is 6.10 Å². The first-order valence-electron chi connectivity index (χ1n) is 11.4. The lowest BCUT2D eigenvalue weighted by Crippen LogP contribution is -2.49. The van der Waals surface area contributed by atoms with Crippen molar-refractivity contribution in [3.05, 3.63) is 23.8 Å². The highest BCUT2D eigenvalue weighted by molar-refractivity contribution is 14.0. The number of benzene rings is 1. The fourth-order valence-corrected chi connectivity index (χ4v) is 4.17. The van der Waals surface area contributed by atoms with Gasteiger partial charge in [-0.2, -0.15) is 0 Å². The first-order chi connectivity index (χ1) is 15.1. The van der Waals surface area contributed by atoms with Gasteiger partial charge in [-0.05, 0) is 49.8 Å². The van der Waals surface area contributed by atoms with E-state index in [1.807, 2.05) is 19.1 Å². The first-order valence-corrected chi connectivity index (χ1v) is 11.4. The van der Waals surface area contributed by atoms with Crippen molar-refractivity contribution < 1.29 is 19.3 Å². The maximum atomic E-state index is 10.7. The molecule has 9 heteroatoms. The molecule has 32 heavy (non-hydrogen) atoms. The molecule has 1 aromatic carbocycles. The molecule has 2 saturated heterocycles. The number of halogens is 1. The fourth-order valence-electron chi connectivity index (χ4n) is 4.17. The smallest absolute Gasteiger partial charge is 0.191 e. The van der Waals surface area contributed by atoms with E-state index in [4.69, 9.17) is 14.2 Å². The van der Waals surface area contributed by atoms with E-state index >= 15 is 0 Å². The zero-order valence-electron chi connectivity index (χ0n) is 19.5. The molecule has 0 spiro atoms. The Hall–Kier alpha value is -1.30. The van der Waals surface area contributed by atoms with Crippen molar-refractivity contribution in [3.63, 3.8) is 0 Å². The van der Waals surface area contributed by atoms with Crippen molar-refractivity contribution in [3.8, 4) is 11.5 Å². The summed E-state index contributed by atoms with van der Waals surface area (Å²) in [7, 11) is 3.20. The van der Waals surface area contributed by atoms with Crippen molar-refractivity contribution in [1.29, 1.82) is 0 Å². The number of aliphatic imine (C=N–C) groups is 1. The van der Waals surface area contributed by atoms with E-state index in [1.165, 1.54) is 6.42 Å². The molecule has 2 aliphatic heterocycles. The Morgan fingerprint density at radius 2 is 1.88 bits per heavy atom. The zero-order chi connectivity index (χ0) is 22.1. The van der Waals surface area contributed by atoms with Crippen LogP contribution >= 0.6 is 24.0 Å². The molecular weight excluding hydrogens is 523 g/mol. The van der Waals surface area contributed by atoms with Gasteiger partial charge in [-0.3, -0.25) is 4.99 Å². The molecule has 0 bridgehead atoms. The number of rotatable bonds is 9. The molecule has 2 aliphatic rings. The normalized spacial score (nSPS) is 21.0. The zero-order valence-corrected chi connectivity index (χ0v) is 21.8. The van der Waals surface area contributed by atoms with Crippen molar-refractivity contribution in [2.75, 3.05) is 60.2 Å². The molecule has 2 unspecified atom stereocenters. The molecule has 3 rings (SSSR count). The highest BCUT2D eigenvalue weighted by Crippen LogP contribution is 2.26. The Labute approximate surface area is 209 Å². The topological polar surface area (TPSA) is 87.6 Å². The quantitative estimate of drug-likeness (QED) is 0.242. The van der Waals surface area contributed by atoms with Crippen molar-refractivity contribution >= 4 is 29.9 Å². The SMILES string of the molecule is CCNC(=NCC(O)c1cc(OC)cc(OC)c1)NC1CCN(CC2CCOC2)CC1.I. The van der Waals surface area contributed by atoms with E-state index in [0.29, 0.717) is 23.5 Å². The Bertz CT molecular complexity index is 685. The van der Waals surface area contributed by atoms with Crippen LogP contribution in [-0.2, 0) is 4.74 Å². The third kappa shape index (κ3) is 8.24. The second-order valence-corrected chi connectivity index (χ2v) is 8.33. The van der Waals surface area contributed by atoms with Crippen molar-refractivity contribution in [1.82, 2.24) is 15.5 Å². The number of aliphatic hydroxyl groups is 1. The number of piperidine rings is 1. The Morgan fingerprint density at radius 3 is 2.44 bits per heavy atom. The number of methoxy groups -OCH3 is 2. The molecule has 0 aliphatic carbocycles. The van der Waals surface area contributed by atoms with E-state index in [2.05, 4.69) is 20.5 Å². The third-order valence-corrected chi connectivity index (χ3v) is 5.99. The van der Waals surface area contributed by atoms with Gasteiger partial charge >= 0.3 is 0 Å². The number of hydrogen-bond donors (Lipinski definition) is 3. The van der Waals surface area contributed by atoms with Gasteiger partial charge in [-0.25, -0.2) is 0 Å². The summed E-state index contributed by atoms with van der Waals surface area (Å²) >= 11 is 0. The molecule has 182 valence electrons. The van der Waals surface area contributed by atoms with Crippen LogP contribution in [-0.4, -0.2) is 82.2 Å². The summed E-state index contributed by atoms with van der Waals surface area (Å²) in [5.74, 6) is 2.75. The van der Waals surface area contributed by atoms with Crippen LogP contribution in [0, 0.1) is 5.92 Å². The van der Waals surface area contributed by atoms with E-state index in [0.717, 1.165) is 63.8 Å². The minimum Gasteiger partial charge on any atom is -0.497 e. The predicted molar refractivity (Wildman–Crippen MR) is 137 cm³/mol. The minimum absolute atomic E-state index is 0. The molecular formula is C23H39IN4O4. The molecule has 2 heterocycles. The van der Waals surface area contributed by atoms with Crippen LogP contribution in [0.5, 0.6) is 11.5 Å². The number of hydrogen-bond acceptors (Lipinski definition) is 6. The highest BCUT2D eigenvalue weighted by atomic mass is 127. The standard InChI is InChI=1S/C23H38N4O4.HI/c1-4-24-23(25-14-22(28)18-11-20(29-2)13-21(12-18)30-3)26-19-5-8-27(9-6-19)15-17-7-10-31-16-17;/h11-13,17,19,22,28H,4-10,14-16H2,1-3H3,(H2,24,25,26);1H. The lowest BCUT2D eigenvalue weighted by atomic mass is 10.0. The lowest BCUT2D eigenvalue weighted by Gasteiger charge is -2.34. The number of aliphatic hydroxyl groups excluding tert-OH is 1. The van der Waals surface area contributed by atoms with Crippen LogP contribution in [0.2, 0.25) is 0 Å². The summed E-state index contributed by atoms with van der Waals surface area (Å²) in [5, 5.41) is 17.5. The van der Waals surface area contributed by atoms with Gasteiger partial charge in [0.05, 0.1) is 33.5 Å². The van der Waals surface area contributed by atoms with Crippen LogP contribution in [0.3, 0.4) is 0 Å². The number of ether oxygens (including phenoxy) is 3. The third-order valence-electron chi connectivity index (χ3n) is 5.99. The van der Waals surface area contributed by atoms with Gasteiger partial charge in [0.15, 0.2) is 5.96 Å². The molecule has 2 fully saturated rings. The average molecular weight is 562 g/mol. The number of guanidine groups is 1. The van der Waals surface area contributed by atoms with Crippen molar-refractivity contribution in [2.45, 2.75) is 38.3 Å². The Morgan fingerprint density at radius 1 is 1.19 bits per heavy atom. The van der Waals surface area contributed by atoms with Gasteiger partial charge in [-0.15, -0.1) is 24.0 Å². The fraction of sp³-hybridized carbons (Fsp3) is 0.696. The number of likely N-dealkylation sites (tertiary alicyclic amines) is 1. The van der Waals surface area contributed by atoms with Gasteiger partial charge in [-0.1, -0.05) is 0 Å². The molecule has 0 aromatic heterocycles. The van der Waals surface area contributed by atoms with E-state index in [1.54, 1.807) is 20.3 Å². The van der Waals surface area contributed by atoms with Crippen LogP contribution in [0.4, 0.5) is 0 Å². The summed E-state index contributed by atoms with van der Waals surface area (Å²) in [6.45, 7) is 8.25.